The van der Waals surface area contributed by atoms with Gasteiger partial charge in [-0.1, -0.05) is 11.6 Å². The third kappa shape index (κ3) is 1.80. The van der Waals surface area contributed by atoms with Crippen molar-refractivity contribution in [2.24, 2.45) is 5.73 Å². The molecule has 0 aliphatic carbocycles. The lowest BCUT2D eigenvalue weighted by molar-refractivity contribution is 0.255. The highest BCUT2D eigenvalue weighted by molar-refractivity contribution is 6.31. The number of hydrogen-bond donors (Lipinski definition) is 1. The Hall–Kier alpha value is -0.510. The molecule has 0 saturated heterocycles. The summed E-state index contributed by atoms with van der Waals surface area (Å²) in [5, 5.41) is 0.476. The minimum atomic E-state index is -0.394. The molecular formula is C9H10Cl2FNO. The topological polar surface area (TPSA) is 35.2 Å². The summed E-state index contributed by atoms with van der Waals surface area (Å²) in [5.41, 5.74) is 6.38. The van der Waals surface area contributed by atoms with E-state index in [1.165, 1.54) is 12.1 Å². The lowest BCUT2D eigenvalue weighted by Crippen LogP contribution is -2.21. The number of ether oxygens (including phenoxy) is 1. The molecule has 0 spiro atoms. The lowest BCUT2D eigenvalue weighted by atomic mass is 10.0. The maximum atomic E-state index is 13.2. The molecule has 2 rings (SSSR count). The lowest BCUT2D eigenvalue weighted by Gasteiger charge is -2.24. The number of fused-ring (bicyclic) bond motifs is 1. The van der Waals surface area contributed by atoms with Gasteiger partial charge in [-0.3, -0.25) is 0 Å². The Morgan fingerprint density at radius 2 is 2.21 bits per heavy atom. The highest BCUT2D eigenvalue weighted by Gasteiger charge is 2.23. The second kappa shape index (κ2) is 4.34. The molecule has 1 aliphatic rings. The molecule has 1 aromatic rings. The van der Waals surface area contributed by atoms with Crippen molar-refractivity contribution in [2.75, 3.05) is 6.61 Å². The Kier molecular flexibility index (Phi) is 3.59. The van der Waals surface area contributed by atoms with Crippen molar-refractivity contribution in [3.8, 4) is 5.75 Å². The van der Waals surface area contributed by atoms with E-state index >= 15 is 0 Å². The molecule has 0 amide bonds. The van der Waals surface area contributed by atoms with Crippen molar-refractivity contribution in [2.45, 2.75) is 12.5 Å². The standard InChI is InChI=1S/C9H9ClFNO.ClH/c10-5-1-2-6(11)9-8(5)7(12)3-4-13-9;/h1-2,7H,3-4,12H2;1H/t7-;/m0./s1. The van der Waals surface area contributed by atoms with E-state index in [0.29, 0.717) is 23.6 Å². The Balaban J connectivity index is 0.000000980. The van der Waals surface area contributed by atoms with Crippen LogP contribution in [0.2, 0.25) is 5.02 Å². The molecule has 1 heterocycles. The van der Waals surface area contributed by atoms with E-state index < -0.39 is 5.82 Å². The molecular weight excluding hydrogens is 228 g/mol. The first-order valence-corrected chi connectivity index (χ1v) is 4.44. The molecule has 1 aromatic carbocycles. The van der Waals surface area contributed by atoms with Crippen molar-refractivity contribution >= 4 is 24.0 Å². The van der Waals surface area contributed by atoms with Gasteiger partial charge in [0.2, 0.25) is 0 Å². The summed E-state index contributed by atoms with van der Waals surface area (Å²) in [6, 6.07) is 2.58. The normalized spacial score (nSPS) is 19.2. The van der Waals surface area contributed by atoms with Crippen LogP contribution in [0.4, 0.5) is 4.39 Å². The van der Waals surface area contributed by atoms with Gasteiger partial charge in [0.1, 0.15) is 0 Å². The van der Waals surface area contributed by atoms with Crippen LogP contribution in [0, 0.1) is 5.82 Å². The van der Waals surface area contributed by atoms with Gasteiger partial charge in [0, 0.05) is 23.0 Å². The van der Waals surface area contributed by atoms with Crippen molar-refractivity contribution in [3.05, 3.63) is 28.5 Å². The largest absolute Gasteiger partial charge is 0.490 e. The van der Waals surface area contributed by atoms with Crippen molar-refractivity contribution < 1.29 is 9.13 Å². The summed E-state index contributed by atoms with van der Waals surface area (Å²) in [6.07, 6.45) is 0.677. The predicted octanol–water partition coefficient (Wildman–Crippen LogP) is 2.68. The molecule has 0 fully saturated rings. The van der Waals surface area contributed by atoms with Crippen LogP contribution in [0.25, 0.3) is 0 Å². The van der Waals surface area contributed by atoms with E-state index in [0.717, 1.165) is 0 Å². The fraction of sp³-hybridized carbons (Fsp3) is 0.333. The minimum absolute atomic E-state index is 0. The molecule has 78 valence electrons. The van der Waals surface area contributed by atoms with Gasteiger partial charge >= 0.3 is 0 Å². The van der Waals surface area contributed by atoms with E-state index in [-0.39, 0.29) is 24.2 Å². The third-order valence-electron chi connectivity index (χ3n) is 2.14. The third-order valence-corrected chi connectivity index (χ3v) is 2.47. The first kappa shape index (κ1) is 11.6. The van der Waals surface area contributed by atoms with Gasteiger partial charge in [-0.2, -0.15) is 0 Å². The van der Waals surface area contributed by atoms with Gasteiger partial charge in [-0.15, -0.1) is 12.4 Å². The Morgan fingerprint density at radius 3 is 2.86 bits per heavy atom. The molecule has 5 heteroatoms. The Labute approximate surface area is 92.6 Å². The quantitative estimate of drug-likeness (QED) is 0.754. The Bertz CT molecular complexity index is 346. The number of halogens is 3. The molecule has 0 bridgehead atoms. The predicted molar refractivity (Wildman–Crippen MR) is 55.7 cm³/mol. The van der Waals surface area contributed by atoms with Gasteiger partial charge < -0.3 is 10.5 Å². The van der Waals surface area contributed by atoms with Crippen LogP contribution in [0.3, 0.4) is 0 Å². The number of nitrogens with two attached hydrogens (primary N) is 1. The molecule has 14 heavy (non-hydrogen) atoms. The first-order valence-electron chi connectivity index (χ1n) is 4.06. The van der Waals surface area contributed by atoms with Crippen LogP contribution in [0.5, 0.6) is 5.75 Å². The van der Waals surface area contributed by atoms with E-state index in [2.05, 4.69) is 0 Å². The summed E-state index contributed by atoms with van der Waals surface area (Å²) in [6.45, 7) is 0.450. The molecule has 1 atom stereocenters. The van der Waals surface area contributed by atoms with Gasteiger partial charge in [-0.25, -0.2) is 4.39 Å². The van der Waals surface area contributed by atoms with E-state index in [1.807, 2.05) is 0 Å². The molecule has 1 aliphatic heterocycles. The zero-order valence-corrected chi connectivity index (χ0v) is 8.87. The molecule has 2 N–H and O–H groups in total. The molecule has 0 aromatic heterocycles. The van der Waals surface area contributed by atoms with Crippen molar-refractivity contribution in [1.82, 2.24) is 0 Å². The second-order valence-corrected chi connectivity index (χ2v) is 3.42. The summed E-state index contributed by atoms with van der Waals surface area (Å²) in [7, 11) is 0. The summed E-state index contributed by atoms with van der Waals surface area (Å²) >= 11 is 5.88. The number of hydrogen-bond acceptors (Lipinski definition) is 2. The average molecular weight is 238 g/mol. The average Bonchev–Trinajstić information content (AvgIpc) is 2.12. The smallest absolute Gasteiger partial charge is 0.165 e. The number of rotatable bonds is 0. The van der Waals surface area contributed by atoms with E-state index in [1.54, 1.807) is 0 Å². The molecule has 0 unspecified atom stereocenters. The fourth-order valence-electron chi connectivity index (χ4n) is 1.47. The fourth-order valence-corrected chi connectivity index (χ4v) is 1.76. The van der Waals surface area contributed by atoms with Crippen molar-refractivity contribution in [1.29, 1.82) is 0 Å². The molecule has 2 nitrogen and oxygen atoms in total. The van der Waals surface area contributed by atoms with Crippen molar-refractivity contribution in [3.63, 3.8) is 0 Å². The van der Waals surface area contributed by atoms with Crippen LogP contribution in [0.1, 0.15) is 18.0 Å². The van der Waals surface area contributed by atoms with Crippen LogP contribution in [0.15, 0.2) is 12.1 Å². The van der Waals surface area contributed by atoms with E-state index in [9.17, 15) is 4.39 Å². The highest BCUT2D eigenvalue weighted by atomic mass is 35.5. The first-order chi connectivity index (χ1) is 6.20. The zero-order chi connectivity index (χ0) is 9.42. The minimum Gasteiger partial charge on any atom is -0.490 e. The highest BCUT2D eigenvalue weighted by Crippen LogP contribution is 2.37. The van der Waals surface area contributed by atoms with Crippen LogP contribution in [-0.4, -0.2) is 6.61 Å². The molecule has 0 radical (unpaired) electrons. The van der Waals surface area contributed by atoms with Gasteiger partial charge in [0.25, 0.3) is 0 Å². The van der Waals surface area contributed by atoms with Crippen LogP contribution in [-0.2, 0) is 0 Å². The SMILES string of the molecule is Cl.N[C@H]1CCOc2c(F)ccc(Cl)c21. The van der Waals surface area contributed by atoms with Gasteiger partial charge in [-0.05, 0) is 12.1 Å². The Morgan fingerprint density at radius 1 is 1.50 bits per heavy atom. The van der Waals surface area contributed by atoms with Gasteiger partial charge in [0.15, 0.2) is 11.6 Å². The van der Waals surface area contributed by atoms with Gasteiger partial charge in [0.05, 0.1) is 6.61 Å². The summed E-state index contributed by atoms with van der Waals surface area (Å²) in [5.74, 6) is -0.180. The number of benzene rings is 1. The zero-order valence-electron chi connectivity index (χ0n) is 7.30. The van der Waals surface area contributed by atoms with Crippen LogP contribution >= 0.6 is 24.0 Å². The van der Waals surface area contributed by atoms with Crippen LogP contribution < -0.4 is 10.5 Å². The maximum absolute atomic E-state index is 13.2. The summed E-state index contributed by atoms with van der Waals surface area (Å²) in [4.78, 5) is 0. The maximum Gasteiger partial charge on any atom is 0.165 e. The van der Waals surface area contributed by atoms with E-state index in [4.69, 9.17) is 22.1 Å². The monoisotopic (exact) mass is 237 g/mol. The second-order valence-electron chi connectivity index (χ2n) is 3.02. The molecule has 0 saturated carbocycles. The summed E-state index contributed by atoms with van der Waals surface area (Å²) < 4.78 is 18.4.